The van der Waals surface area contributed by atoms with Gasteiger partial charge in [-0.2, -0.15) is 0 Å². The number of allylic oxidation sites excluding steroid dienone is 1. The number of nitrogens with one attached hydrogen (secondary N) is 1. The highest BCUT2D eigenvalue weighted by Gasteiger charge is 2.21. The zero-order valence-corrected chi connectivity index (χ0v) is 12.2. The highest BCUT2D eigenvalue weighted by molar-refractivity contribution is 6.12. The van der Waals surface area contributed by atoms with E-state index >= 15 is 0 Å². The van der Waals surface area contributed by atoms with E-state index in [1.807, 2.05) is 4.57 Å². The van der Waals surface area contributed by atoms with Gasteiger partial charge in [-0.3, -0.25) is 4.99 Å². The van der Waals surface area contributed by atoms with Crippen LogP contribution in [-0.4, -0.2) is 29.0 Å². The number of aromatic nitrogens is 2. The Balaban J connectivity index is 2.17. The minimum absolute atomic E-state index is 0.0335. The second-order valence-corrected chi connectivity index (χ2v) is 5.14. The van der Waals surface area contributed by atoms with Crippen molar-refractivity contribution >= 4 is 16.7 Å². The molecule has 0 spiro atoms. The third-order valence-electron chi connectivity index (χ3n) is 3.71. The largest absolute Gasteiger partial charge is 0.402 e. The molecule has 0 saturated carbocycles. The number of rotatable bonds is 4. The van der Waals surface area contributed by atoms with Gasteiger partial charge in [0.25, 0.3) is 0 Å². The van der Waals surface area contributed by atoms with Gasteiger partial charge >= 0.3 is 0 Å². The summed E-state index contributed by atoms with van der Waals surface area (Å²) in [4.78, 5) is 8.42. The number of nitrogens with two attached hydrogens (primary N) is 1. The van der Waals surface area contributed by atoms with Crippen molar-refractivity contribution in [3.8, 4) is 0 Å². The van der Waals surface area contributed by atoms with E-state index in [-0.39, 0.29) is 12.4 Å². The first-order valence-electron chi connectivity index (χ1n) is 7.11. The molecule has 116 valence electrons. The summed E-state index contributed by atoms with van der Waals surface area (Å²) >= 11 is 0. The molecule has 0 radical (unpaired) electrons. The summed E-state index contributed by atoms with van der Waals surface area (Å²) < 4.78 is 30.3. The molecule has 0 amide bonds. The van der Waals surface area contributed by atoms with E-state index in [1.54, 1.807) is 13.1 Å². The number of aryl methyl sites for hydroxylation is 2. The Bertz CT molecular complexity index is 776. The molecule has 1 aromatic carbocycles. The minimum atomic E-state index is -0.685. The summed E-state index contributed by atoms with van der Waals surface area (Å²) in [6.07, 6.45) is 2.65. The maximum atomic E-state index is 14.3. The van der Waals surface area contributed by atoms with Crippen LogP contribution < -0.4 is 11.1 Å². The molecule has 2 aromatic rings. The lowest BCUT2D eigenvalue weighted by atomic mass is 10.1. The zero-order chi connectivity index (χ0) is 15.7. The van der Waals surface area contributed by atoms with Gasteiger partial charge in [-0.1, -0.05) is 0 Å². The van der Waals surface area contributed by atoms with E-state index in [0.29, 0.717) is 16.6 Å². The average molecular weight is 305 g/mol. The number of imidazole rings is 1. The molecule has 0 unspecified atom stereocenters. The van der Waals surface area contributed by atoms with Crippen molar-refractivity contribution in [2.24, 2.45) is 10.7 Å². The zero-order valence-electron chi connectivity index (χ0n) is 12.2. The van der Waals surface area contributed by atoms with Crippen molar-refractivity contribution in [3.05, 3.63) is 41.4 Å². The molecule has 0 fully saturated rings. The molecule has 2 heterocycles. The summed E-state index contributed by atoms with van der Waals surface area (Å²) in [6.45, 7) is 1.01. The number of nitrogens with zero attached hydrogens (tertiary/aromatic N) is 3. The first-order valence-corrected chi connectivity index (χ1v) is 7.11. The lowest BCUT2D eigenvalue weighted by Gasteiger charge is -2.07. The normalized spacial score (nSPS) is 15.6. The predicted octanol–water partition coefficient (Wildman–Crippen LogP) is 1.86. The van der Waals surface area contributed by atoms with Crippen LogP contribution in [0.2, 0.25) is 0 Å². The van der Waals surface area contributed by atoms with Crippen LogP contribution in [0, 0.1) is 5.82 Å². The molecule has 0 saturated heterocycles. The quantitative estimate of drug-likeness (QED) is 0.847. The van der Waals surface area contributed by atoms with Gasteiger partial charge in [0, 0.05) is 24.7 Å². The molecule has 1 aliphatic rings. The second kappa shape index (κ2) is 5.84. The van der Waals surface area contributed by atoms with Gasteiger partial charge in [0.1, 0.15) is 17.1 Å². The summed E-state index contributed by atoms with van der Waals surface area (Å²) in [5.41, 5.74) is 6.64. The van der Waals surface area contributed by atoms with Crippen molar-refractivity contribution in [2.75, 3.05) is 13.7 Å². The van der Waals surface area contributed by atoms with Crippen LogP contribution in [0.15, 0.2) is 29.2 Å². The molecule has 22 heavy (non-hydrogen) atoms. The number of halogens is 2. The van der Waals surface area contributed by atoms with Crippen molar-refractivity contribution in [1.29, 1.82) is 0 Å². The van der Waals surface area contributed by atoms with E-state index in [9.17, 15) is 8.78 Å². The Morgan fingerprint density at radius 2 is 2.36 bits per heavy atom. The third-order valence-corrected chi connectivity index (χ3v) is 3.71. The summed E-state index contributed by atoms with van der Waals surface area (Å²) in [5.74, 6) is -0.291. The van der Waals surface area contributed by atoms with Gasteiger partial charge in [0.2, 0.25) is 0 Å². The Kier molecular flexibility index (Phi) is 3.89. The van der Waals surface area contributed by atoms with Crippen LogP contribution in [0.5, 0.6) is 0 Å². The first kappa shape index (κ1) is 14.6. The molecule has 3 N–H and O–H groups in total. The topological polar surface area (TPSA) is 68.2 Å². The van der Waals surface area contributed by atoms with Gasteiger partial charge in [0.15, 0.2) is 11.6 Å². The highest BCUT2D eigenvalue weighted by atomic mass is 19.1. The number of aliphatic imine (C=N–C) groups is 1. The number of hydrogen-bond donors (Lipinski definition) is 2. The van der Waals surface area contributed by atoms with Crippen LogP contribution >= 0.6 is 0 Å². The third kappa shape index (κ3) is 2.37. The van der Waals surface area contributed by atoms with Crippen molar-refractivity contribution in [1.82, 2.24) is 14.9 Å². The molecule has 0 atom stereocenters. The Labute approximate surface area is 126 Å². The van der Waals surface area contributed by atoms with Crippen molar-refractivity contribution < 1.29 is 8.78 Å². The van der Waals surface area contributed by atoms with Crippen LogP contribution in [0.3, 0.4) is 0 Å². The maximum Gasteiger partial charge on any atom is 0.164 e. The second-order valence-electron chi connectivity index (χ2n) is 5.14. The summed E-state index contributed by atoms with van der Waals surface area (Å²) in [7, 11) is 1.69. The minimum Gasteiger partial charge on any atom is -0.402 e. The molecular weight excluding hydrogens is 288 g/mol. The van der Waals surface area contributed by atoms with Crippen LogP contribution in [-0.2, 0) is 13.0 Å². The fraction of sp³-hybridized carbons (Fsp3) is 0.333. The van der Waals surface area contributed by atoms with Gasteiger partial charge in [0.05, 0.1) is 12.2 Å². The predicted molar refractivity (Wildman–Crippen MR) is 81.9 cm³/mol. The SMILES string of the molecule is CNCN=C(/C(F)=C\N)c1cc(F)c2nc3n(c2c1)CCC3. The Morgan fingerprint density at radius 1 is 1.55 bits per heavy atom. The van der Waals surface area contributed by atoms with Gasteiger partial charge < -0.3 is 15.6 Å². The van der Waals surface area contributed by atoms with Gasteiger partial charge in [-0.05, 0) is 25.6 Å². The molecule has 1 aromatic heterocycles. The fourth-order valence-corrected chi connectivity index (χ4v) is 2.74. The van der Waals surface area contributed by atoms with Gasteiger partial charge in [-0.25, -0.2) is 13.8 Å². The summed E-state index contributed by atoms with van der Waals surface area (Å²) in [5, 5.41) is 2.80. The van der Waals surface area contributed by atoms with Crippen LogP contribution in [0.25, 0.3) is 11.0 Å². The van der Waals surface area contributed by atoms with E-state index in [2.05, 4.69) is 15.3 Å². The number of fused-ring (bicyclic) bond motifs is 3. The number of benzene rings is 1. The van der Waals surface area contributed by atoms with E-state index in [1.165, 1.54) is 6.07 Å². The molecular formula is C15H17F2N5. The molecule has 3 rings (SSSR count). The first-order chi connectivity index (χ1) is 10.7. The van der Waals surface area contributed by atoms with Crippen molar-refractivity contribution in [3.63, 3.8) is 0 Å². The lowest BCUT2D eigenvalue weighted by Crippen LogP contribution is -2.12. The average Bonchev–Trinajstić information content (AvgIpc) is 3.09. The lowest BCUT2D eigenvalue weighted by molar-refractivity contribution is 0.635. The maximum absolute atomic E-state index is 14.3. The van der Waals surface area contributed by atoms with Gasteiger partial charge in [-0.15, -0.1) is 0 Å². The van der Waals surface area contributed by atoms with E-state index < -0.39 is 11.6 Å². The standard InChI is InChI=1S/C15H17F2N5/c1-19-8-20-14(11(17)7-18)9-5-10(16)15-12(6-9)22-4-2-3-13(22)21-15/h5-7,19H,2-4,8,18H2,1H3/b11-7+,20-14?. The molecule has 7 heteroatoms. The van der Waals surface area contributed by atoms with E-state index in [0.717, 1.165) is 31.4 Å². The fourth-order valence-electron chi connectivity index (χ4n) is 2.74. The molecule has 0 bridgehead atoms. The van der Waals surface area contributed by atoms with Crippen LogP contribution in [0.1, 0.15) is 17.8 Å². The van der Waals surface area contributed by atoms with E-state index in [4.69, 9.17) is 5.73 Å². The van der Waals surface area contributed by atoms with Crippen LogP contribution in [0.4, 0.5) is 8.78 Å². The summed E-state index contributed by atoms with van der Waals surface area (Å²) in [6, 6.07) is 2.97. The highest BCUT2D eigenvalue weighted by Crippen LogP contribution is 2.27. The Morgan fingerprint density at radius 3 is 3.09 bits per heavy atom. The molecule has 0 aliphatic carbocycles. The monoisotopic (exact) mass is 305 g/mol. The van der Waals surface area contributed by atoms with Crippen molar-refractivity contribution in [2.45, 2.75) is 19.4 Å². The molecule has 1 aliphatic heterocycles. The molecule has 5 nitrogen and oxygen atoms in total. The Hall–Kier alpha value is -2.28. The smallest absolute Gasteiger partial charge is 0.164 e. The number of hydrogen-bond acceptors (Lipinski definition) is 4.